The Labute approximate surface area is 71.1 Å². The van der Waals surface area contributed by atoms with Crippen LogP contribution in [-0.4, -0.2) is 23.2 Å². The molecule has 2 heterocycles. The molecule has 0 atom stereocenters. The predicted molar refractivity (Wildman–Crippen MR) is 34.9 cm³/mol. The van der Waals surface area contributed by atoms with Gasteiger partial charge >= 0.3 is 6.18 Å². The van der Waals surface area contributed by atoms with Crippen molar-refractivity contribution in [1.82, 2.24) is 15.5 Å². The summed E-state index contributed by atoms with van der Waals surface area (Å²) in [4.78, 5) is 3.26. The zero-order valence-corrected chi connectivity index (χ0v) is 6.43. The molecule has 0 bridgehead atoms. The van der Waals surface area contributed by atoms with Crippen LogP contribution in [0.5, 0.6) is 0 Å². The molecule has 2 rings (SSSR count). The summed E-state index contributed by atoms with van der Waals surface area (Å²) in [5, 5.41) is 5.75. The quantitative estimate of drug-likeness (QED) is 0.715. The van der Waals surface area contributed by atoms with E-state index in [9.17, 15) is 13.2 Å². The molecule has 4 nitrogen and oxygen atoms in total. The SMILES string of the molecule is FC(F)(F)c1noc(C2CNC2)n1. The molecule has 1 saturated heterocycles. The van der Waals surface area contributed by atoms with Gasteiger partial charge in [0.1, 0.15) is 0 Å². The van der Waals surface area contributed by atoms with E-state index in [2.05, 4.69) is 20.0 Å². The molecule has 0 aromatic carbocycles. The lowest BCUT2D eigenvalue weighted by Gasteiger charge is -2.22. The van der Waals surface area contributed by atoms with Crippen LogP contribution in [0, 0.1) is 0 Å². The van der Waals surface area contributed by atoms with Gasteiger partial charge in [-0.1, -0.05) is 5.16 Å². The Bertz CT molecular complexity index is 304. The van der Waals surface area contributed by atoms with Crippen molar-refractivity contribution in [1.29, 1.82) is 0 Å². The van der Waals surface area contributed by atoms with Gasteiger partial charge in [-0.05, 0) is 0 Å². The van der Waals surface area contributed by atoms with Crippen LogP contribution in [0.4, 0.5) is 13.2 Å². The van der Waals surface area contributed by atoms with Crippen molar-refractivity contribution in [3.05, 3.63) is 11.7 Å². The minimum atomic E-state index is -4.51. The number of hydrogen-bond donors (Lipinski definition) is 1. The van der Waals surface area contributed by atoms with Crippen LogP contribution in [0.2, 0.25) is 0 Å². The molecular weight excluding hydrogens is 187 g/mol. The molecule has 1 aromatic heterocycles. The first-order chi connectivity index (χ1) is 6.07. The van der Waals surface area contributed by atoms with Crippen LogP contribution in [0.1, 0.15) is 17.6 Å². The lowest BCUT2D eigenvalue weighted by Crippen LogP contribution is -2.40. The third kappa shape index (κ3) is 1.51. The van der Waals surface area contributed by atoms with Gasteiger partial charge in [-0.15, -0.1) is 0 Å². The van der Waals surface area contributed by atoms with Crippen LogP contribution in [-0.2, 0) is 6.18 Å². The largest absolute Gasteiger partial charge is 0.455 e. The first-order valence-electron chi connectivity index (χ1n) is 3.69. The van der Waals surface area contributed by atoms with Crippen LogP contribution < -0.4 is 5.32 Å². The molecule has 0 saturated carbocycles. The number of alkyl halides is 3. The standard InChI is InChI=1S/C6H6F3N3O/c7-6(8,9)5-11-4(13-12-5)3-1-10-2-3/h3,10H,1-2H2. The molecule has 1 fully saturated rings. The van der Waals surface area contributed by atoms with E-state index in [1.165, 1.54) is 0 Å². The highest BCUT2D eigenvalue weighted by Gasteiger charge is 2.38. The van der Waals surface area contributed by atoms with E-state index >= 15 is 0 Å². The van der Waals surface area contributed by atoms with E-state index in [4.69, 9.17) is 0 Å². The fourth-order valence-electron chi connectivity index (χ4n) is 0.979. The summed E-state index contributed by atoms with van der Waals surface area (Å²) in [6.07, 6.45) is -4.51. The highest BCUT2D eigenvalue weighted by Crippen LogP contribution is 2.28. The van der Waals surface area contributed by atoms with Crippen LogP contribution >= 0.6 is 0 Å². The third-order valence-corrected chi connectivity index (χ3v) is 1.83. The molecule has 0 amide bonds. The van der Waals surface area contributed by atoms with Crippen molar-refractivity contribution in [3.8, 4) is 0 Å². The number of nitrogens with one attached hydrogen (secondary N) is 1. The Balaban J connectivity index is 2.17. The molecule has 0 unspecified atom stereocenters. The maximum atomic E-state index is 12.0. The molecule has 13 heavy (non-hydrogen) atoms. The Morgan fingerprint density at radius 1 is 1.38 bits per heavy atom. The second-order valence-corrected chi connectivity index (χ2v) is 2.81. The predicted octanol–water partition coefficient (Wildman–Crippen LogP) is 0.775. The van der Waals surface area contributed by atoms with Crippen LogP contribution in [0.15, 0.2) is 4.52 Å². The number of hydrogen-bond acceptors (Lipinski definition) is 4. The van der Waals surface area contributed by atoms with E-state index in [0.717, 1.165) is 0 Å². The first kappa shape index (κ1) is 8.49. The number of nitrogens with zero attached hydrogens (tertiary/aromatic N) is 2. The summed E-state index contributed by atoms with van der Waals surface area (Å²) in [7, 11) is 0. The van der Waals surface area contributed by atoms with Gasteiger partial charge in [0.05, 0.1) is 5.92 Å². The zero-order valence-electron chi connectivity index (χ0n) is 6.43. The second kappa shape index (κ2) is 2.69. The Morgan fingerprint density at radius 2 is 2.08 bits per heavy atom. The van der Waals surface area contributed by atoms with Gasteiger partial charge in [-0.3, -0.25) is 0 Å². The van der Waals surface area contributed by atoms with Crippen molar-refractivity contribution in [2.45, 2.75) is 12.1 Å². The third-order valence-electron chi connectivity index (χ3n) is 1.83. The Hall–Kier alpha value is -1.11. The van der Waals surface area contributed by atoms with E-state index in [-0.39, 0.29) is 11.8 Å². The Morgan fingerprint density at radius 3 is 2.46 bits per heavy atom. The highest BCUT2D eigenvalue weighted by molar-refractivity contribution is 5.02. The van der Waals surface area contributed by atoms with E-state index < -0.39 is 12.0 Å². The average Bonchev–Trinajstić information content (AvgIpc) is 2.29. The monoisotopic (exact) mass is 193 g/mol. The molecule has 0 aliphatic carbocycles. The fourth-order valence-corrected chi connectivity index (χ4v) is 0.979. The van der Waals surface area contributed by atoms with Crippen molar-refractivity contribution in [2.24, 2.45) is 0 Å². The topological polar surface area (TPSA) is 51.0 Å². The van der Waals surface area contributed by atoms with E-state index in [0.29, 0.717) is 13.1 Å². The summed E-state index contributed by atoms with van der Waals surface area (Å²) >= 11 is 0. The van der Waals surface area contributed by atoms with Crippen molar-refractivity contribution in [3.63, 3.8) is 0 Å². The molecule has 0 spiro atoms. The number of rotatable bonds is 1. The second-order valence-electron chi connectivity index (χ2n) is 2.81. The van der Waals surface area contributed by atoms with E-state index in [1.54, 1.807) is 0 Å². The lowest BCUT2D eigenvalue weighted by molar-refractivity contribution is -0.146. The van der Waals surface area contributed by atoms with Gasteiger partial charge < -0.3 is 9.84 Å². The maximum Gasteiger partial charge on any atom is 0.455 e. The zero-order chi connectivity index (χ0) is 9.47. The van der Waals surface area contributed by atoms with Crippen molar-refractivity contribution < 1.29 is 17.7 Å². The van der Waals surface area contributed by atoms with Gasteiger partial charge in [0, 0.05) is 13.1 Å². The summed E-state index contributed by atoms with van der Waals surface area (Å²) in [6, 6.07) is 0. The lowest BCUT2D eigenvalue weighted by atomic mass is 10.0. The molecule has 1 N–H and O–H groups in total. The molecule has 7 heteroatoms. The van der Waals surface area contributed by atoms with Crippen molar-refractivity contribution in [2.75, 3.05) is 13.1 Å². The van der Waals surface area contributed by atoms with Gasteiger partial charge in [0.25, 0.3) is 5.82 Å². The maximum absolute atomic E-state index is 12.0. The van der Waals surface area contributed by atoms with Crippen LogP contribution in [0.25, 0.3) is 0 Å². The molecule has 1 aromatic rings. The first-order valence-corrected chi connectivity index (χ1v) is 3.69. The highest BCUT2D eigenvalue weighted by atomic mass is 19.4. The van der Waals surface area contributed by atoms with Crippen molar-refractivity contribution >= 4 is 0 Å². The summed E-state index contributed by atoms with van der Waals surface area (Å²) in [6.45, 7) is 1.19. The minimum absolute atomic E-state index is 0.0612. The number of aromatic nitrogens is 2. The van der Waals surface area contributed by atoms with Gasteiger partial charge in [-0.25, -0.2) is 0 Å². The Kier molecular flexibility index (Phi) is 1.76. The molecule has 72 valence electrons. The average molecular weight is 193 g/mol. The summed E-state index contributed by atoms with van der Waals surface area (Å²) in [5.74, 6) is -1.20. The number of halogens is 3. The smallest absolute Gasteiger partial charge is 0.339 e. The molecule has 1 aliphatic rings. The van der Waals surface area contributed by atoms with Gasteiger partial charge in [0.15, 0.2) is 0 Å². The normalized spacial score (nSPS) is 18.7. The molecule has 1 aliphatic heterocycles. The summed E-state index contributed by atoms with van der Waals surface area (Å²) < 4.78 is 40.4. The fraction of sp³-hybridized carbons (Fsp3) is 0.667. The molecule has 0 radical (unpaired) electrons. The summed E-state index contributed by atoms with van der Waals surface area (Å²) in [5.41, 5.74) is 0. The minimum Gasteiger partial charge on any atom is -0.339 e. The van der Waals surface area contributed by atoms with Gasteiger partial charge in [-0.2, -0.15) is 18.2 Å². The molecular formula is C6H6F3N3O. The van der Waals surface area contributed by atoms with E-state index in [1.807, 2.05) is 0 Å². The van der Waals surface area contributed by atoms with Gasteiger partial charge in [0.2, 0.25) is 5.89 Å². The van der Waals surface area contributed by atoms with Crippen LogP contribution in [0.3, 0.4) is 0 Å².